The van der Waals surface area contributed by atoms with E-state index in [9.17, 15) is 9.59 Å². The molecule has 2 amide bonds. The molecule has 0 radical (unpaired) electrons. The van der Waals surface area contributed by atoms with E-state index in [1.807, 2.05) is 36.4 Å². The molecule has 6 nitrogen and oxygen atoms in total. The third-order valence-electron chi connectivity index (χ3n) is 2.57. The summed E-state index contributed by atoms with van der Waals surface area (Å²) in [4.78, 5) is 23.2. The Kier molecular flexibility index (Phi) is 6.39. The van der Waals surface area contributed by atoms with Crippen molar-refractivity contribution in [2.24, 2.45) is 0 Å². The molecular weight excluding hydrogens is 282 g/mol. The highest BCUT2D eigenvalue weighted by Gasteiger charge is 2.17. The fourth-order valence-corrected chi connectivity index (χ4v) is 1.69. The van der Waals surface area contributed by atoms with Crippen molar-refractivity contribution >= 4 is 12.0 Å². The zero-order valence-electron chi connectivity index (χ0n) is 13.1. The van der Waals surface area contributed by atoms with Crippen LogP contribution < -0.4 is 10.6 Å². The third kappa shape index (κ3) is 7.29. The van der Waals surface area contributed by atoms with Gasteiger partial charge >= 0.3 is 6.09 Å². The first-order chi connectivity index (χ1) is 10.3. The lowest BCUT2D eigenvalue weighted by atomic mass is 10.1. The van der Waals surface area contributed by atoms with Crippen molar-refractivity contribution in [1.29, 1.82) is 5.26 Å². The largest absolute Gasteiger partial charge is 0.444 e. The van der Waals surface area contributed by atoms with Crippen LogP contribution >= 0.6 is 0 Å². The summed E-state index contributed by atoms with van der Waals surface area (Å²) in [6, 6.07) is 10.8. The number of ether oxygens (including phenoxy) is 1. The van der Waals surface area contributed by atoms with Gasteiger partial charge in [-0.2, -0.15) is 5.26 Å². The van der Waals surface area contributed by atoms with Crippen molar-refractivity contribution < 1.29 is 14.3 Å². The maximum absolute atomic E-state index is 11.7. The number of carbonyl (C=O) groups is 2. The van der Waals surface area contributed by atoms with Crippen molar-refractivity contribution in [3.05, 3.63) is 35.9 Å². The Hall–Kier alpha value is -2.55. The maximum Gasteiger partial charge on any atom is 0.408 e. The molecule has 1 rings (SSSR count). The first kappa shape index (κ1) is 17.5. The first-order valence-electron chi connectivity index (χ1n) is 7.00. The Balaban J connectivity index is 2.40. The Morgan fingerprint density at radius 3 is 2.45 bits per heavy atom. The van der Waals surface area contributed by atoms with Gasteiger partial charge in [0.05, 0.1) is 6.07 Å². The van der Waals surface area contributed by atoms with Gasteiger partial charge in [-0.25, -0.2) is 4.79 Å². The summed E-state index contributed by atoms with van der Waals surface area (Å²) in [7, 11) is 0. The molecule has 6 heteroatoms. The van der Waals surface area contributed by atoms with Crippen LogP contribution in [0, 0.1) is 11.3 Å². The van der Waals surface area contributed by atoms with Crippen LogP contribution in [0.5, 0.6) is 0 Å². The highest BCUT2D eigenvalue weighted by Crippen LogP contribution is 2.06. The number of nitrogens with zero attached hydrogens (tertiary/aromatic N) is 1. The standard InChI is InChI=1S/C16H21N3O3/c1-16(2,3)22-15(21)18-11-14(20)19-13(10-17)9-12-7-5-4-6-8-12/h4-8,13H,9,11H2,1-3H3,(H,18,21)(H,19,20). The number of hydrogen-bond acceptors (Lipinski definition) is 4. The van der Waals surface area contributed by atoms with Crippen molar-refractivity contribution in [2.45, 2.75) is 38.8 Å². The fraction of sp³-hybridized carbons (Fsp3) is 0.438. The summed E-state index contributed by atoms with van der Waals surface area (Å²) in [5.74, 6) is -0.437. The summed E-state index contributed by atoms with van der Waals surface area (Å²) < 4.78 is 5.02. The van der Waals surface area contributed by atoms with Gasteiger partial charge in [0.2, 0.25) is 5.91 Å². The van der Waals surface area contributed by atoms with E-state index < -0.39 is 23.6 Å². The molecule has 0 heterocycles. The van der Waals surface area contributed by atoms with Crippen LogP contribution in [0.25, 0.3) is 0 Å². The van der Waals surface area contributed by atoms with Crippen molar-refractivity contribution in [1.82, 2.24) is 10.6 Å². The molecule has 1 unspecified atom stereocenters. The smallest absolute Gasteiger partial charge is 0.408 e. The van der Waals surface area contributed by atoms with E-state index >= 15 is 0 Å². The van der Waals surface area contributed by atoms with Crippen molar-refractivity contribution in [3.63, 3.8) is 0 Å². The Bertz CT molecular complexity index is 544. The van der Waals surface area contributed by atoms with Gasteiger partial charge in [-0.1, -0.05) is 30.3 Å². The van der Waals surface area contributed by atoms with E-state index in [0.29, 0.717) is 6.42 Å². The number of nitriles is 1. The van der Waals surface area contributed by atoms with Crippen LogP contribution in [0.1, 0.15) is 26.3 Å². The second-order valence-electron chi connectivity index (χ2n) is 5.79. The molecule has 0 aliphatic rings. The summed E-state index contributed by atoms with van der Waals surface area (Å²) in [5, 5.41) is 14.0. The van der Waals surface area contributed by atoms with Gasteiger partial charge in [-0.15, -0.1) is 0 Å². The summed E-state index contributed by atoms with van der Waals surface area (Å²) in [6.45, 7) is 4.97. The van der Waals surface area contributed by atoms with Gasteiger partial charge in [-0.3, -0.25) is 4.79 Å². The predicted molar refractivity (Wildman–Crippen MR) is 81.9 cm³/mol. The minimum absolute atomic E-state index is 0.234. The Labute approximate surface area is 130 Å². The molecule has 0 bridgehead atoms. The molecule has 0 aliphatic carbocycles. The van der Waals surface area contributed by atoms with Crippen LogP contribution in [-0.4, -0.2) is 30.2 Å². The van der Waals surface area contributed by atoms with Crippen molar-refractivity contribution in [3.8, 4) is 6.07 Å². The minimum Gasteiger partial charge on any atom is -0.444 e. The van der Waals surface area contributed by atoms with E-state index in [1.54, 1.807) is 20.8 Å². The minimum atomic E-state index is -0.667. The van der Waals surface area contributed by atoms with Crippen LogP contribution in [0.4, 0.5) is 4.79 Å². The summed E-state index contributed by atoms with van der Waals surface area (Å²) >= 11 is 0. The van der Waals surface area contributed by atoms with Gasteiger partial charge in [0.1, 0.15) is 18.2 Å². The molecule has 1 atom stereocenters. The molecule has 2 N–H and O–H groups in total. The quantitative estimate of drug-likeness (QED) is 0.867. The average molecular weight is 303 g/mol. The molecule has 0 saturated carbocycles. The number of alkyl carbamates (subject to hydrolysis) is 1. The molecular formula is C16H21N3O3. The molecule has 22 heavy (non-hydrogen) atoms. The normalized spacial score (nSPS) is 11.9. The molecule has 1 aromatic rings. The van der Waals surface area contributed by atoms with E-state index in [-0.39, 0.29) is 6.54 Å². The van der Waals surface area contributed by atoms with Crippen LogP contribution in [0.15, 0.2) is 30.3 Å². The lowest BCUT2D eigenvalue weighted by molar-refractivity contribution is -0.120. The number of benzene rings is 1. The molecule has 1 aromatic carbocycles. The second-order valence-corrected chi connectivity index (χ2v) is 5.79. The number of rotatable bonds is 5. The highest BCUT2D eigenvalue weighted by atomic mass is 16.6. The first-order valence-corrected chi connectivity index (χ1v) is 7.00. The molecule has 0 spiro atoms. The van der Waals surface area contributed by atoms with Gasteiger partial charge < -0.3 is 15.4 Å². The number of amides is 2. The topological polar surface area (TPSA) is 91.2 Å². The zero-order chi connectivity index (χ0) is 16.6. The van der Waals surface area contributed by atoms with Crippen molar-refractivity contribution in [2.75, 3.05) is 6.54 Å². The molecule has 0 fully saturated rings. The van der Waals surface area contributed by atoms with Crippen LogP contribution in [0.2, 0.25) is 0 Å². The second kappa shape index (κ2) is 8.03. The van der Waals surface area contributed by atoms with Gasteiger partial charge in [-0.05, 0) is 26.3 Å². The molecule has 0 aliphatic heterocycles. The summed E-state index contributed by atoms with van der Waals surface area (Å²) in [5.41, 5.74) is 0.331. The number of nitrogens with one attached hydrogen (secondary N) is 2. The lowest BCUT2D eigenvalue weighted by Crippen LogP contribution is -2.43. The zero-order valence-corrected chi connectivity index (χ0v) is 13.1. The molecule has 0 aromatic heterocycles. The van der Waals surface area contributed by atoms with Crippen LogP contribution in [-0.2, 0) is 16.0 Å². The maximum atomic E-state index is 11.7. The van der Waals surface area contributed by atoms with E-state index in [1.165, 1.54) is 0 Å². The van der Waals surface area contributed by atoms with E-state index in [4.69, 9.17) is 10.00 Å². The van der Waals surface area contributed by atoms with Gasteiger partial charge in [0.25, 0.3) is 0 Å². The SMILES string of the molecule is CC(C)(C)OC(=O)NCC(=O)NC(C#N)Cc1ccccc1. The van der Waals surface area contributed by atoms with E-state index in [2.05, 4.69) is 10.6 Å². The molecule has 0 saturated heterocycles. The molecule has 118 valence electrons. The monoisotopic (exact) mass is 303 g/mol. The fourth-order valence-electron chi connectivity index (χ4n) is 1.69. The predicted octanol–water partition coefficient (Wildman–Crippen LogP) is 1.76. The lowest BCUT2D eigenvalue weighted by Gasteiger charge is -2.19. The average Bonchev–Trinajstić information content (AvgIpc) is 2.44. The number of carbonyl (C=O) groups excluding carboxylic acids is 2. The van der Waals surface area contributed by atoms with Gasteiger partial charge in [0, 0.05) is 6.42 Å². The van der Waals surface area contributed by atoms with E-state index in [0.717, 1.165) is 5.56 Å². The Morgan fingerprint density at radius 2 is 1.91 bits per heavy atom. The number of hydrogen-bond donors (Lipinski definition) is 2. The Morgan fingerprint density at radius 1 is 1.27 bits per heavy atom. The third-order valence-corrected chi connectivity index (χ3v) is 2.57. The highest BCUT2D eigenvalue weighted by molar-refractivity contribution is 5.82. The van der Waals surface area contributed by atoms with Gasteiger partial charge in [0.15, 0.2) is 0 Å². The summed E-state index contributed by atoms with van der Waals surface area (Å²) in [6.07, 6.45) is -0.255. The van der Waals surface area contributed by atoms with Crippen LogP contribution in [0.3, 0.4) is 0 Å².